The van der Waals surface area contributed by atoms with Crippen molar-refractivity contribution in [3.63, 3.8) is 0 Å². The van der Waals surface area contributed by atoms with Crippen LogP contribution in [-0.2, 0) is 16.0 Å². The number of nitrogens with zero attached hydrogens (tertiary/aromatic N) is 1. The Morgan fingerprint density at radius 1 is 1.10 bits per heavy atom. The average Bonchev–Trinajstić information content (AvgIpc) is 3.17. The molecule has 2 aromatic rings. The van der Waals surface area contributed by atoms with Gasteiger partial charge in [-0.3, -0.25) is 4.79 Å². The Morgan fingerprint density at radius 2 is 1.80 bits per heavy atom. The van der Waals surface area contributed by atoms with Crippen molar-refractivity contribution in [2.45, 2.75) is 45.3 Å². The van der Waals surface area contributed by atoms with Crippen LogP contribution in [0.5, 0.6) is 11.5 Å². The summed E-state index contributed by atoms with van der Waals surface area (Å²) in [5.41, 5.74) is 1.09. The van der Waals surface area contributed by atoms with Crippen LogP contribution < -0.4 is 19.7 Å². The van der Waals surface area contributed by atoms with E-state index in [1.807, 2.05) is 30.3 Å². The lowest BCUT2D eigenvalue weighted by Crippen LogP contribution is -2.49. The van der Waals surface area contributed by atoms with Gasteiger partial charge in [0.15, 0.2) is 11.5 Å². The Bertz CT molecular complexity index is 892. The molecule has 1 aliphatic rings. The third kappa shape index (κ3) is 5.65. The molecule has 7 nitrogen and oxygen atoms in total. The molecule has 1 aliphatic heterocycles. The maximum Gasteiger partial charge on any atom is 0.408 e. The predicted octanol–water partition coefficient (Wildman–Crippen LogP) is 3.90. The number of hydrogen-bond donors (Lipinski definition) is 1. The number of carbonyl (C=O) groups excluding carboxylic acids is 2. The van der Waals surface area contributed by atoms with Gasteiger partial charge in [0.25, 0.3) is 0 Å². The first-order valence-electron chi connectivity index (χ1n) is 9.93. The van der Waals surface area contributed by atoms with Gasteiger partial charge < -0.3 is 24.4 Å². The zero-order valence-electron chi connectivity index (χ0n) is 17.8. The lowest BCUT2D eigenvalue weighted by atomic mass is 10.0. The van der Waals surface area contributed by atoms with E-state index in [1.54, 1.807) is 46.0 Å². The number of fused-ring (bicyclic) bond motifs is 1. The lowest BCUT2D eigenvalue weighted by molar-refractivity contribution is -0.120. The van der Waals surface area contributed by atoms with Crippen molar-refractivity contribution in [1.29, 1.82) is 0 Å². The molecule has 1 N–H and O–H groups in total. The Hall–Kier alpha value is -3.22. The minimum absolute atomic E-state index is 0.163. The van der Waals surface area contributed by atoms with E-state index in [0.717, 1.165) is 5.56 Å². The molecule has 0 saturated heterocycles. The van der Waals surface area contributed by atoms with Crippen LogP contribution in [0.25, 0.3) is 0 Å². The molecule has 0 aromatic heterocycles. The molecule has 160 valence electrons. The minimum atomic E-state index is -0.740. The van der Waals surface area contributed by atoms with Gasteiger partial charge in [-0.15, -0.1) is 0 Å². The Labute approximate surface area is 176 Å². The van der Waals surface area contributed by atoms with Crippen LogP contribution in [0.3, 0.4) is 0 Å². The number of likely N-dealkylation sites (N-methyl/N-ethyl adjacent to an activating group) is 1. The maximum atomic E-state index is 13.2. The van der Waals surface area contributed by atoms with Crippen molar-refractivity contribution < 1.29 is 23.8 Å². The highest BCUT2D eigenvalue weighted by atomic mass is 16.7. The van der Waals surface area contributed by atoms with Gasteiger partial charge >= 0.3 is 6.09 Å². The van der Waals surface area contributed by atoms with Gasteiger partial charge in [-0.1, -0.05) is 30.3 Å². The molecule has 0 aliphatic carbocycles. The standard InChI is InChI=1S/C23H28N2O5/c1-23(2,3)30-22(27)24-18(12-10-16-8-6-5-7-9-16)21(26)25(4)17-11-13-19-20(14-17)29-15-28-19/h5-9,11,13-14,18H,10,12,15H2,1-4H3,(H,24,27)/t18-/m1/s1. The van der Waals surface area contributed by atoms with Crippen LogP contribution in [0, 0.1) is 0 Å². The summed E-state index contributed by atoms with van der Waals surface area (Å²) in [7, 11) is 1.67. The van der Waals surface area contributed by atoms with E-state index in [9.17, 15) is 9.59 Å². The second-order valence-corrected chi connectivity index (χ2v) is 8.16. The number of hydrogen-bond acceptors (Lipinski definition) is 5. The monoisotopic (exact) mass is 412 g/mol. The van der Waals surface area contributed by atoms with Crippen molar-refractivity contribution in [2.24, 2.45) is 0 Å². The molecular weight excluding hydrogens is 384 g/mol. The van der Waals surface area contributed by atoms with E-state index >= 15 is 0 Å². The van der Waals surface area contributed by atoms with Gasteiger partial charge in [0.1, 0.15) is 11.6 Å². The first-order chi connectivity index (χ1) is 14.2. The molecule has 1 atom stereocenters. The van der Waals surface area contributed by atoms with Gasteiger partial charge in [0.2, 0.25) is 12.7 Å². The number of benzene rings is 2. The topological polar surface area (TPSA) is 77.1 Å². The van der Waals surface area contributed by atoms with Crippen molar-refractivity contribution in [3.05, 3.63) is 54.1 Å². The van der Waals surface area contributed by atoms with E-state index in [2.05, 4.69) is 5.32 Å². The molecule has 1 heterocycles. The fourth-order valence-electron chi connectivity index (χ4n) is 3.12. The van der Waals surface area contributed by atoms with E-state index in [0.29, 0.717) is 30.0 Å². The average molecular weight is 412 g/mol. The molecule has 0 saturated carbocycles. The molecule has 30 heavy (non-hydrogen) atoms. The molecule has 0 spiro atoms. The largest absolute Gasteiger partial charge is 0.454 e. The summed E-state index contributed by atoms with van der Waals surface area (Å²) >= 11 is 0. The van der Waals surface area contributed by atoms with Crippen LogP contribution in [0.4, 0.5) is 10.5 Å². The fraction of sp³-hybridized carbons (Fsp3) is 0.391. The number of aryl methyl sites for hydroxylation is 1. The SMILES string of the molecule is CN(C(=O)[C@@H](CCc1ccccc1)NC(=O)OC(C)(C)C)c1ccc2c(c1)OCO2. The van der Waals surface area contributed by atoms with Crippen molar-refractivity contribution in [2.75, 3.05) is 18.7 Å². The number of ether oxygens (including phenoxy) is 3. The first-order valence-corrected chi connectivity index (χ1v) is 9.93. The second kappa shape index (κ2) is 9.07. The van der Waals surface area contributed by atoms with Crippen molar-refractivity contribution >= 4 is 17.7 Å². The molecular formula is C23H28N2O5. The Kier molecular flexibility index (Phi) is 6.50. The number of amides is 2. The Balaban J connectivity index is 1.74. The second-order valence-electron chi connectivity index (χ2n) is 8.16. The molecule has 0 radical (unpaired) electrons. The molecule has 2 aromatic carbocycles. The van der Waals surface area contributed by atoms with Crippen LogP contribution in [0.15, 0.2) is 48.5 Å². The molecule has 2 amide bonds. The van der Waals surface area contributed by atoms with Gasteiger partial charge in [-0.2, -0.15) is 0 Å². The minimum Gasteiger partial charge on any atom is -0.454 e. The van der Waals surface area contributed by atoms with Crippen LogP contribution in [0.2, 0.25) is 0 Å². The third-order valence-electron chi connectivity index (χ3n) is 4.63. The zero-order valence-corrected chi connectivity index (χ0v) is 17.8. The van der Waals surface area contributed by atoms with E-state index in [-0.39, 0.29) is 12.7 Å². The van der Waals surface area contributed by atoms with Crippen molar-refractivity contribution in [1.82, 2.24) is 5.32 Å². The molecule has 0 fully saturated rings. The van der Waals surface area contributed by atoms with Crippen molar-refractivity contribution in [3.8, 4) is 11.5 Å². The van der Waals surface area contributed by atoms with Crippen LogP contribution >= 0.6 is 0 Å². The van der Waals surface area contributed by atoms with Gasteiger partial charge in [-0.05, 0) is 51.3 Å². The van der Waals surface area contributed by atoms with E-state index in [4.69, 9.17) is 14.2 Å². The maximum absolute atomic E-state index is 13.2. The molecule has 3 rings (SSSR count). The first kappa shape index (κ1) is 21.5. The van der Waals surface area contributed by atoms with E-state index < -0.39 is 17.7 Å². The number of anilines is 1. The highest BCUT2D eigenvalue weighted by molar-refractivity contribution is 5.98. The summed E-state index contributed by atoms with van der Waals surface area (Å²) in [6, 6.07) is 14.4. The quantitative estimate of drug-likeness (QED) is 0.779. The summed E-state index contributed by atoms with van der Waals surface area (Å²) in [6.07, 6.45) is 0.465. The highest BCUT2D eigenvalue weighted by Crippen LogP contribution is 2.35. The van der Waals surface area contributed by atoms with Crippen LogP contribution in [-0.4, -0.2) is 37.5 Å². The summed E-state index contributed by atoms with van der Waals surface area (Å²) in [5.74, 6) is 0.996. The van der Waals surface area contributed by atoms with Gasteiger partial charge in [0.05, 0.1) is 0 Å². The summed E-state index contributed by atoms with van der Waals surface area (Å²) in [4.78, 5) is 27.1. The van der Waals surface area contributed by atoms with Gasteiger partial charge in [-0.25, -0.2) is 4.79 Å². The van der Waals surface area contributed by atoms with Crippen LogP contribution in [0.1, 0.15) is 32.8 Å². The normalized spacial score (nSPS) is 13.5. The highest BCUT2D eigenvalue weighted by Gasteiger charge is 2.28. The van der Waals surface area contributed by atoms with Gasteiger partial charge in [0, 0.05) is 18.8 Å². The fourth-order valence-corrected chi connectivity index (χ4v) is 3.12. The summed E-state index contributed by atoms with van der Waals surface area (Å²) in [5, 5.41) is 2.74. The summed E-state index contributed by atoms with van der Waals surface area (Å²) in [6.45, 7) is 5.51. The Morgan fingerprint density at radius 3 is 2.50 bits per heavy atom. The molecule has 7 heteroatoms. The number of nitrogens with one attached hydrogen (secondary N) is 1. The molecule has 0 unspecified atom stereocenters. The lowest BCUT2D eigenvalue weighted by Gasteiger charge is -2.26. The smallest absolute Gasteiger partial charge is 0.408 e. The third-order valence-corrected chi connectivity index (χ3v) is 4.63. The zero-order chi connectivity index (χ0) is 21.7. The summed E-state index contributed by atoms with van der Waals surface area (Å²) < 4.78 is 16.1. The number of carbonyl (C=O) groups is 2. The van der Waals surface area contributed by atoms with E-state index in [1.165, 1.54) is 4.90 Å². The number of alkyl carbamates (subject to hydrolysis) is 1. The molecule has 0 bridgehead atoms. The predicted molar refractivity (Wildman–Crippen MR) is 114 cm³/mol. The number of rotatable bonds is 6.